The minimum Gasteiger partial charge on any atom is -0.339 e. The fourth-order valence-electron chi connectivity index (χ4n) is 1.92. The quantitative estimate of drug-likeness (QED) is 0.887. The number of pyridine rings is 1. The number of aromatic nitrogens is 1. The van der Waals surface area contributed by atoms with Gasteiger partial charge in [-0.2, -0.15) is 5.26 Å². The number of para-hydroxylation sites is 1. The molecule has 2 aromatic rings. The third kappa shape index (κ3) is 2.33. The smallest absolute Gasteiger partial charge is 0.148 e. The Kier molecular flexibility index (Phi) is 3.59. The van der Waals surface area contributed by atoms with Crippen molar-refractivity contribution in [2.24, 2.45) is 0 Å². The van der Waals surface area contributed by atoms with E-state index >= 15 is 0 Å². The van der Waals surface area contributed by atoms with Crippen LogP contribution in [0.4, 0.5) is 11.5 Å². The van der Waals surface area contributed by atoms with Crippen molar-refractivity contribution in [3.8, 4) is 6.07 Å². The minimum atomic E-state index is 0.558. The SMILES string of the molecule is CCc1cccc(C)c1Nc1ncccc1C#N. The first-order valence-corrected chi connectivity index (χ1v) is 5.97. The van der Waals surface area contributed by atoms with Crippen LogP contribution in [0.15, 0.2) is 36.5 Å². The average Bonchev–Trinajstić information content (AvgIpc) is 2.41. The van der Waals surface area contributed by atoms with E-state index in [2.05, 4.69) is 42.4 Å². The molecule has 0 bridgehead atoms. The van der Waals surface area contributed by atoms with Crippen molar-refractivity contribution >= 4 is 11.5 Å². The topological polar surface area (TPSA) is 48.7 Å². The number of anilines is 2. The average molecular weight is 237 g/mol. The molecule has 1 aromatic heterocycles. The molecular weight excluding hydrogens is 222 g/mol. The number of nitrogens with one attached hydrogen (secondary N) is 1. The Morgan fingerprint density at radius 3 is 2.83 bits per heavy atom. The van der Waals surface area contributed by atoms with Crippen LogP contribution in [0.1, 0.15) is 23.6 Å². The van der Waals surface area contributed by atoms with Gasteiger partial charge in [-0.25, -0.2) is 4.98 Å². The first-order valence-electron chi connectivity index (χ1n) is 5.97. The molecule has 0 saturated heterocycles. The molecule has 0 fully saturated rings. The Morgan fingerprint density at radius 2 is 2.11 bits per heavy atom. The summed E-state index contributed by atoms with van der Waals surface area (Å²) < 4.78 is 0. The van der Waals surface area contributed by atoms with Crippen molar-refractivity contribution in [3.63, 3.8) is 0 Å². The van der Waals surface area contributed by atoms with E-state index in [-0.39, 0.29) is 0 Å². The Bertz CT molecular complexity index is 597. The van der Waals surface area contributed by atoms with Gasteiger partial charge in [0.15, 0.2) is 0 Å². The molecule has 2 rings (SSSR count). The Morgan fingerprint density at radius 1 is 1.28 bits per heavy atom. The number of benzene rings is 1. The van der Waals surface area contributed by atoms with Gasteiger partial charge in [0.1, 0.15) is 11.9 Å². The number of hydrogen-bond donors (Lipinski definition) is 1. The van der Waals surface area contributed by atoms with Gasteiger partial charge in [0, 0.05) is 11.9 Å². The van der Waals surface area contributed by atoms with Gasteiger partial charge in [0.05, 0.1) is 5.56 Å². The van der Waals surface area contributed by atoms with Crippen LogP contribution in [0.2, 0.25) is 0 Å². The van der Waals surface area contributed by atoms with Gasteiger partial charge < -0.3 is 5.32 Å². The van der Waals surface area contributed by atoms with Crippen LogP contribution >= 0.6 is 0 Å². The molecule has 90 valence electrons. The molecule has 0 radical (unpaired) electrons. The van der Waals surface area contributed by atoms with Gasteiger partial charge in [-0.1, -0.05) is 25.1 Å². The highest BCUT2D eigenvalue weighted by atomic mass is 15.0. The predicted molar refractivity (Wildman–Crippen MR) is 72.8 cm³/mol. The molecule has 3 heteroatoms. The Balaban J connectivity index is 2.43. The minimum absolute atomic E-state index is 0.558. The molecule has 0 saturated carbocycles. The molecule has 1 heterocycles. The highest BCUT2D eigenvalue weighted by Crippen LogP contribution is 2.25. The zero-order valence-electron chi connectivity index (χ0n) is 10.6. The molecule has 0 amide bonds. The second-order valence-electron chi connectivity index (χ2n) is 4.10. The summed E-state index contributed by atoms with van der Waals surface area (Å²) in [5.41, 5.74) is 3.99. The summed E-state index contributed by atoms with van der Waals surface area (Å²) in [5.74, 6) is 0.615. The molecular formula is C15H15N3. The number of aryl methyl sites for hydroxylation is 2. The third-order valence-electron chi connectivity index (χ3n) is 2.91. The monoisotopic (exact) mass is 237 g/mol. The lowest BCUT2D eigenvalue weighted by Gasteiger charge is -2.13. The maximum Gasteiger partial charge on any atom is 0.148 e. The van der Waals surface area contributed by atoms with E-state index in [9.17, 15) is 0 Å². The Hall–Kier alpha value is -2.34. The molecule has 0 spiro atoms. The van der Waals surface area contributed by atoms with Crippen molar-refractivity contribution in [2.45, 2.75) is 20.3 Å². The summed E-state index contributed by atoms with van der Waals surface area (Å²) in [6, 6.07) is 11.9. The molecule has 0 aliphatic carbocycles. The predicted octanol–water partition coefficient (Wildman–Crippen LogP) is 3.57. The largest absolute Gasteiger partial charge is 0.339 e. The van der Waals surface area contributed by atoms with Gasteiger partial charge in [-0.05, 0) is 36.6 Å². The van der Waals surface area contributed by atoms with E-state index in [1.54, 1.807) is 18.3 Å². The Labute approximate surface area is 107 Å². The third-order valence-corrected chi connectivity index (χ3v) is 2.91. The first kappa shape index (κ1) is 12.1. The second-order valence-corrected chi connectivity index (χ2v) is 4.10. The zero-order chi connectivity index (χ0) is 13.0. The molecule has 18 heavy (non-hydrogen) atoms. The maximum absolute atomic E-state index is 9.06. The van der Waals surface area contributed by atoms with Crippen LogP contribution in [0.3, 0.4) is 0 Å². The van der Waals surface area contributed by atoms with E-state index < -0.39 is 0 Å². The molecule has 1 aromatic carbocycles. The second kappa shape index (κ2) is 5.33. The van der Waals surface area contributed by atoms with Crippen LogP contribution in [-0.4, -0.2) is 4.98 Å². The highest BCUT2D eigenvalue weighted by Gasteiger charge is 2.08. The number of nitriles is 1. The van der Waals surface area contributed by atoms with Crippen LogP contribution in [0.25, 0.3) is 0 Å². The van der Waals surface area contributed by atoms with Crippen LogP contribution in [0.5, 0.6) is 0 Å². The van der Waals surface area contributed by atoms with Gasteiger partial charge in [-0.15, -0.1) is 0 Å². The van der Waals surface area contributed by atoms with Crippen LogP contribution in [-0.2, 0) is 6.42 Å². The van der Waals surface area contributed by atoms with Gasteiger partial charge >= 0.3 is 0 Å². The number of rotatable bonds is 3. The molecule has 0 aliphatic rings. The van der Waals surface area contributed by atoms with E-state index in [0.29, 0.717) is 11.4 Å². The molecule has 0 atom stereocenters. The molecule has 0 unspecified atom stereocenters. The fourth-order valence-corrected chi connectivity index (χ4v) is 1.92. The fraction of sp³-hybridized carbons (Fsp3) is 0.200. The van der Waals surface area contributed by atoms with Crippen LogP contribution < -0.4 is 5.32 Å². The van der Waals surface area contributed by atoms with Crippen molar-refractivity contribution in [2.75, 3.05) is 5.32 Å². The summed E-state index contributed by atoms with van der Waals surface area (Å²) in [4.78, 5) is 4.23. The number of hydrogen-bond acceptors (Lipinski definition) is 3. The number of nitrogens with zero attached hydrogens (tertiary/aromatic N) is 2. The highest BCUT2D eigenvalue weighted by molar-refractivity contribution is 5.68. The summed E-state index contributed by atoms with van der Waals surface area (Å²) in [7, 11) is 0. The summed E-state index contributed by atoms with van der Waals surface area (Å²) in [6.07, 6.45) is 2.63. The lowest BCUT2D eigenvalue weighted by Crippen LogP contribution is -2.01. The van der Waals surface area contributed by atoms with E-state index in [0.717, 1.165) is 17.7 Å². The van der Waals surface area contributed by atoms with Gasteiger partial charge in [0.2, 0.25) is 0 Å². The van der Waals surface area contributed by atoms with Crippen molar-refractivity contribution in [3.05, 3.63) is 53.2 Å². The normalized spacial score (nSPS) is 9.83. The van der Waals surface area contributed by atoms with Gasteiger partial charge in [-0.3, -0.25) is 0 Å². The van der Waals surface area contributed by atoms with E-state index in [1.165, 1.54) is 5.56 Å². The van der Waals surface area contributed by atoms with Crippen molar-refractivity contribution in [1.82, 2.24) is 4.98 Å². The lowest BCUT2D eigenvalue weighted by molar-refractivity contribution is 1.13. The van der Waals surface area contributed by atoms with Gasteiger partial charge in [0.25, 0.3) is 0 Å². The van der Waals surface area contributed by atoms with Crippen molar-refractivity contribution in [1.29, 1.82) is 5.26 Å². The summed E-state index contributed by atoms with van der Waals surface area (Å²) >= 11 is 0. The van der Waals surface area contributed by atoms with E-state index in [1.807, 2.05) is 6.07 Å². The summed E-state index contributed by atoms with van der Waals surface area (Å²) in [6.45, 7) is 4.17. The van der Waals surface area contributed by atoms with Crippen molar-refractivity contribution < 1.29 is 0 Å². The first-order chi connectivity index (χ1) is 8.76. The standard InChI is InChI=1S/C15H15N3/c1-3-12-7-4-6-11(2)14(12)18-15-13(10-16)8-5-9-17-15/h4-9H,3H2,1-2H3,(H,17,18). The van der Waals surface area contributed by atoms with Crippen LogP contribution in [0, 0.1) is 18.3 Å². The zero-order valence-corrected chi connectivity index (χ0v) is 10.6. The van der Waals surface area contributed by atoms with E-state index in [4.69, 9.17) is 5.26 Å². The lowest BCUT2D eigenvalue weighted by atomic mass is 10.1. The molecule has 3 nitrogen and oxygen atoms in total. The molecule has 0 aliphatic heterocycles. The molecule has 1 N–H and O–H groups in total. The maximum atomic E-state index is 9.06. The summed E-state index contributed by atoms with van der Waals surface area (Å²) in [5, 5.41) is 12.3.